The first kappa shape index (κ1) is 23.2. The van der Waals surface area contributed by atoms with Crippen LogP contribution in [0, 0.1) is 0 Å². The van der Waals surface area contributed by atoms with E-state index in [1.54, 1.807) is 11.7 Å². The van der Waals surface area contributed by atoms with Crippen molar-refractivity contribution < 1.29 is 24.2 Å². The highest BCUT2D eigenvalue weighted by Crippen LogP contribution is 2.44. The van der Waals surface area contributed by atoms with Gasteiger partial charge in [-0.15, -0.1) is 11.3 Å². The van der Waals surface area contributed by atoms with E-state index in [2.05, 4.69) is 27.8 Å². The van der Waals surface area contributed by atoms with Gasteiger partial charge in [-0.3, -0.25) is 9.78 Å². The van der Waals surface area contributed by atoms with Gasteiger partial charge in [0.1, 0.15) is 12.6 Å². The minimum atomic E-state index is -1.10. The van der Waals surface area contributed by atoms with Gasteiger partial charge in [-0.2, -0.15) is 0 Å². The highest BCUT2D eigenvalue weighted by molar-refractivity contribution is 7.09. The fraction of sp³-hybridized carbons (Fsp3) is 0.200. The van der Waals surface area contributed by atoms with Crippen molar-refractivity contribution in [3.05, 3.63) is 88.4 Å². The number of benzene rings is 2. The van der Waals surface area contributed by atoms with Crippen molar-refractivity contribution in [3.8, 4) is 11.1 Å². The lowest BCUT2D eigenvalue weighted by atomic mass is 9.98. The molecule has 0 aliphatic heterocycles. The van der Waals surface area contributed by atoms with E-state index in [-0.39, 0.29) is 25.5 Å². The number of hydrogen-bond donors (Lipinski definition) is 3. The molecule has 1 heterocycles. The Labute approximate surface area is 200 Å². The summed E-state index contributed by atoms with van der Waals surface area (Å²) in [5.41, 5.74) is 6.10. The lowest BCUT2D eigenvalue weighted by Crippen LogP contribution is -2.48. The second-order valence-corrected chi connectivity index (χ2v) is 8.65. The molecule has 0 spiro atoms. The Balaban J connectivity index is 1.40. The van der Waals surface area contributed by atoms with Crippen LogP contribution < -0.4 is 10.6 Å². The minimum Gasteiger partial charge on any atom is -0.478 e. The molecule has 1 aromatic heterocycles. The summed E-state index contributed by atoms with van der Waals surface area (Å²) in [7, 11) is 0. The fourth-order valence-corrected chi connectivity index (χ4v) is 4.62. The molecular formula is C25H23N3O5S. The van der Waals surface area contributed by atoms with Crippen LogP contribution in [0.4, 0.5) is 4.79 Å². The smallest absolute Gasteiger partial charge is 0.407 e. The van der Waals surface area contributed by atoms with Crippen LogP contribution in [0.2, 0.25) is 0 Å². The van der Waals surface area contributed by atoms with Crippen LogP contribution in [0.3, 0.4) is 0 Å². The number of carboxylic acid groups (broad SMARTS) is 1. The van der Waals surface area contributed by atoms with Gasteiger partial charge in [0.15, 0.2) is 0 Å². The molecule has 1 aliphatic rings. The maximum absolute atomic E-state index is 12.7. The van der Waals surface area contributed by atoms with Crippen LogP contribution in [0.5, 0.6) is 0 Å². The van der Waals surface area contributed by atoms with Gasteiger partial charge in [-0.25, -0.2) is 9.59 Å². The maximum Gasteiger partial charge on any atom is 0.407 e. The standard InChI is InChI=1S/C25H23N3O5S/c29-23(30)10-5-11-27-24(31)22(12-16-13-26-15-34-16)28-25(32)33-14-21-19-8-3-1-6-17(19)18-7-2-4-9-20(18)21/h1-10,13,15,21-22H,11-12,14H2,(H,27,31)(H,28,32)(H,29,30)/b10-5+. The average molecular weight is 478 g/mol. The number of carbonyl (C=O) groups excluding carboxylic acids is 2. The Kier molecular flexibility index (Phi) is 7.34. The van der Waals surface area contributed by atoms with Crippen molar-refractivity contribution in [1.82, 2.24) is 15.6 Å². The van der Waals surface area contributed by atoms with Gasteiger partial charge in [0.05, 0.1) is 5.51 Å². The molecule has 0 bridgehead atoms. The number of carboxylic acids is 1. The number of nitrogens with zero attached hydrogens (tertiary/aromatic N) is 1. The summed E-state index contributed by atoms with van der Waals surface area (Å²) in [4.78, 5) is 40.7. The van der Waals surface area contributed by atoms with E-state index >= 15 is 0 Å². The van der Waals surface area contributed by atoms with Crippen molar-refractivity contribution in [3.63, 3.8) is 0 Å². The number of ether oxygens (including phenoxy) is 1. The van der Waals surface area contributed by atoms with E-state index < -0.39 is 24.0 Å². The number of thiazole rings is 1. The van der Waals surface area contributed by atoms with Crippen molar-refractivity contribution >= 4 is 29.3 Å². The third kappa shape index (κ3) is 5.49. The van der Waals surface area contributed by atoms with E-state index in [1.807, 2.05) is 36.4 Å². The van der Waals surface area contributed by atoms with Gasteiger partial charge in [-0.05, 0) is 22.3 Å². The predicted molar refractivity (Wildman–Crippen MR) is 128 cm³/mol. The van der Waals surface area contributed by atoms with Gasteiger partial charge in [0, 0.05) is 36.0 Å². The molecule has 2 amide bonds. The van der Waals surface area contributed by atoms with E-state index in [0.717, 1.165) is 33.2 Å². The van der Waals surface area contributed by atoms with Crippen LogP contribution in [0.25, 0.3) is 11.1 Å². The summed E-state index contributed by atoms with van der Waals surface area (Å²) >= 11 is 1.37. The highest BCUT2D eigenvalue weighted by atomic mass is 32.1. The molecule has 3 N–H and O–H groups in total. The molecule has 174 valence electrons. The van der Waals surface area contributed by atoms with Gasteiger partial charge >= 0.3 is 12.1 Å². The number of amides is 2. The summed E-state index contributed by atoms with van der Waals surface area (Å²) in [6.07, 6.45) is 3.43. The van der Waals surface area contributed by atoms with E-state index in [9.17, 15) is 14.4 Å². The molecule has 4 rings (SSSR count). The summed E-state index contributed by atoms with van der Waals surface area (Å²) < 4.78 is 5.56. The van der Waals surface area contributed by atoms with Crippen molar-refractivity contribution in [2.45, 2.75) is 18.4 Å². The first-order valence-corrected chi connectivity index (χ1v) is 11.6. The lowest BCUT2D eigenvalue weighted by molar-refractivity contribution is -0.131. The Hall–Kier alpha value is -3.98. The lowest BCUT2D eigenvalue weighted by Gasteiger charge is -2.19. The Morgan fingerprint density at radius 2 is 1.76 bits per heavy atom. The second-order valence-electron chi connectivity index (χ2n) is 7.68. The SMILES string of the molecule is O=C(O)/C=C/CNC(=O)C(Cc1cncs1)NC(=O)OCC1c2ccccc2-c2ccccc21. The predicted octanol–water partition coefficient (Wildman–Crippen LogP) is 3.35. The Bertz CT molecular complexity index is 1160. The number of hydrogen-bond acceptors (Lipinski definition) is 6. The maximum atomic E-state index is 12.7. The molecule has 2 aromatic carbocycles. The molecule has 0 fully saturated rings. The van der Waals surface area contributed by atoms with Crippen LogP contribution in [0.15, 0.2) is 72.4 Å². The summed E-state index contributed by atoms with van der Waals surface area (Å²) in [6.45, 7) is 0.160. The van der Waals surface area contributed by atoms with Gasteiger partial charge in [0.2, 0.25) is 5.91 Å². The van der Waals surface area contributed by atoms with E-state index in [4.69, 9.17) is 9.84 Å². The molecule has 1 unspecified atom stereocenters. The number of nitrogens with one attached hydrogen (secondary N) is 2. The zero-order chi connectivity index (χ0) is 23.9. The molecule has 3 aromatic rings. The summed E-state index contributed by atoms with van der Waals surface area (Å²) in [5, 5.41) is 13.9. The van der Waals surface area contributed by atoms with Crippen LogP contribution in [0.1, 0.15) is 21.9 Å². The monoisotopic (exact) mass is 477 g/mol. The zero-order valence-corrected chi connectivity index (χ0v) is 19.0. The topological polar surface area (TPSA) is 118 Å². The summed E-state index contributed by atoms with van der Waals surface area (Å²) in [5.74, 6) is -1.64. The van der Waals surface area contributed by atoms with Crippen LogP contribution in [-0.2, 0) is 20.7 Å². The Morgan fingerprint density at radius 3 is 2.38 bits per heavy atom. The number of aromatic nitrogens is 1. The number of rotatable bonds is 9. The first-order valence-electron chi connectivity index (χ1n) is 10.7. The number of fused-ring (bicyclic) bond motifs is 3. The van der Waals surface area contributed by atoms with Crippen LogP contribution >= 0.6 is 11.3 Å². The molecule has 8 nitrogen and oxygen atoms in total. The van der Waals surface area contributed by atoms with Crippen molar-refractivity contribution in [1.29, 1.82) is 0 Å². The van der Waals surface area contributed by atoms with Crippen LogP contribution in [-0.4, -0.2) is 47.3 Å². The van der Waals surface area contributed by atoms with Gasteiger partial charge < -0.3 is 20.5 Å². The number of alkyl carbamates (subject to hydrolysis) is 1. The fourth-order valence-electron chi connectivity index (χ4n) is 3.98. The molecule has 34 heavy (non-hydrogen) atoms. The first-order chi connectivity index (χ1) is 16.5. The van der Waals surface area contributed by atoms with Gasteiger partial charge in [0.25, 0.3) is 0 Å². The molecular weight excluding hydrogens is 454 g/mol. The second kappa shape index (κ2) is 10.8. The molecule has 0 saturated carbocycles. The molecule has 9 heteroatoms. The third-order valence-electron chi connectivity index (χ3n) is 5.50. The minimum absolute atomic E-state index is 0.0245. The van der Waals surface area contributed by atoms with Crippen molar-refractivity contribution in [2.75, 3.05) is 13.2 Å². The van der Waals surface area contributed by atoms with E-state index in [1.165, 1.54) is 17.4 Å². The van der Waals surface area contributed by atoms with Gasteiger partial charge in [-0.1, -0.05) is 54.6 Å². The van der Waals surface area contributed by atoms with Crippen molar-refractivity contribution in [2.24, 2.45) is 0 Å². The normalized spacial score (nSPS) is 13.2. The Morgan fingerprint density at radius 1 is 1.09 bits per heavy atom. The molecule has 1 aliphatic carbocycles. The molecule has 0 saturated heterocycles. The number of aliphatic carboxylic acids is 1. The average Bonchev–Trinajstić information content (AvgIpc) is 3.46. The zero-order valence-electron chi connectivity index (χ0n) is 18.1. The molecule has 0 radical (unpaired) electrons. The highest BCUT2D eigenvalue weighted by Gasteiger charge is 2.30. The van der Waals surface area contributed by atoms with E-state index in [0.29, 0.717) is 0 Å². The third-order valence-corrected chi connectivity index (χ3v) is 6.30. The molecule has 1 atom stereocenters. The quantitative estimate of drug-likeness (QED) is 0.407. The summed E-state index contributed by atoms with van der Waals surface area (Å²) in [6, 6.07) is 15.2. The number of carbonyl (C=O) groups is 3. The largest absolute Gasteiger partial charge is 0.478 e.